The van der Waals surface area contributed by atoms with Crippen LogP contribution in [0.2, 0.25) is 0 Å². The molecule has 0 bridgehead atoms. The lowest BCUT2D eigenvalue weighted by Crippen LogP contribution is -2.09. The van der Waals surface area contributed by atoms with E-state index in [0.717, 1.165) is 23.6 Å². The Morgan fingerprint density at radius 1 is 1.24 bits per heavy atom. The van der Waals surface area contributed by atoms with Crippen molar-refractivity contribution in [1.29, 1.82) is 0 Å². The Labute approximate surface area is 124 Å². The number of allylic oxidation sites excluding steroid dienone is 4. The quantitative estimate of drug-likeness (QED) is 0.800. The summed E-state index contributed by atoms with van der Waals surface area (Å²) in [6.45, 7) is 6.30. The van der Waals surface area contributed by atoms with Crippen molar-refractivity contribution in [2.75, 3.05) is 0 Å². The van der Waals surface area contributed by atoms with Crippen LogP contribution in [-0.2, 0) is 12.7 Å². The molecule has 1 atom stereocenters. The van der Waals surface area contributed by atoms with Gasteiger partial charge < -0.3 is 5.73 Å². The zero-order chi connectivity index (χ0) is 16.0. The monoisotopic (exact) mass is 297 g/mol. The minimum Gasteiger partial charge on any atom is -0.326 e. The molecule has 1 aliphatic carbocycles. The first-order valence-electron chi connectivity index (χ1n) is 7.20. The van der Waals surface area contributed by atoms with Crippen LogP contribution in [0.5, 0.6) is 0 Å². The lowest BCUT2D eigenvalue weighted by Gasteiger charge is -2.17. The molecule has 21 heavy (non-hydrogen) atoms. The van der Waals surface area contributed by atoms with Crippen LogP contribution in [0.15, 0.2) is 36.4 Å². The molecule has 1 aromatic carbocycles. The molecule has 2 N–H and O–H groups in total. The van der Waals surface area contributed by atoms with Gasteiger partial charge in [-0.1, -0.05) is 45.1 Å². The van der Waals surface area contributed by atoms with Gasteiger partial charge in [-0.3, -0.25) is 0 Å². The van der Waals surface area contributed by atoms with E-state index in [2.05, 4.69) is 6.92 Å². The Hall–Kier alpha value is -1.55. The average molecular weight is 297 g/mol. The highest BCUT2D eigenvalue weighted by Crippen LogP contribution is 2.34. The standard InChI is InChI=1S/C15H16F3N.C2H6/c1-10-2-4-11(5-3-10)14-8-13(15(16,17)18)7-6-12(14)9-19;1-2/h2,4-8,10H,3,9,19H2,1H3;1-2H3. The Morgan fingerprint density at radius 3 is 2.38 bits per heavy atom. The third-order valence-electron chi connectivity index (χ3n) is 3.28. The van der Waals surface area contributed by atoms with Crippen LogP contribution in [0.25, 0.3) is 5.57 Å². The summed E-state index contributed by atoms with van der Waals surface area (Å²) >= 11 is 0. The van der Waals surface area contributed by atoms with Gasteiger partial charge in [-0.05, 0) is 41.2 Å². The normalized spacial score (nSPS) is 17.9. The molecule has 0 spiro atoms. The van der Waals surface area contributed by atoms with E-state index in [9.17, 15) is 13.2 Å². The molecule has 1 nitrogen and oxygen atoms in total. The molecule has 0 saturated carbocycles. The van der Waals surface area contributed by atoms with Crippen molar-refractivity contribution in [3.05, 3.63) is 53.1 Å². The highest BCUT2D eigenvalue weighted by atomic mass is 19.4. The average Bonchev–Trinajstić information content (AvgIpc) is 2.48. The highest BCUT2D eigenvalue weighted by molar-refractivity contribution is 5.77. The molecule has 2 rings (SSSR count). The molecule has 4 heteroatoms. The number of hydrogen-bond acceptors (Lipinski definition) is 1. The van der Waals surface area contributed by atoms with Crippen molar-refractivity contribution in [3.8, 4) is 0 Å². The lowest BCUT2D eigenvalue weighted by atomic mass is 9.90. The Kier molecular flexibility index (Phi) is 6.21. The molecule has 0 aliphatic heterocycles. The van der Waals surface area contributed by atoms with Gasteiger partial charge in [-0.15, -0.1) is 0 Å². The molecule has 0 heterocycles. The van der Waals surface area contributed by atoms with Gasteiger partial charge in [0, 0.05) is 6.54 Å². The van der Waals surface area contributed by atoms with Crippen LogP contribution in [0.4, 0.5) is 13.2 Å². The molecule has 1 aromatic rings. The first-order valence-corrected chi connectivity index (χ1v) is 7.20. The second-order valence-electron chi connectivity index (χ2n) is 4.81. The second-order valence-corrected chi connectivity index (χ2v) is 4.81. The molecule has 0 radical (unpaired) electrons. The summed E-state index contributed by atoms with van der Waals surface area (Å²) in [6.07, 6.45) is 2.37. The fraction of sp³-hybridized carbons (Fsp3) is 0.412. The van der Waals surface area contributed by atoms with Crippen molar-refractivity contribution >= 4 is 5.57 Å². The van der Waals surface area contributed by atoms with E-state index in [1.807, 2.05) is 32.1 Å². The summed E-state index contributed by atoms with van der Waals surface area (Å²) < 4.78 is 38.3. The molecular formula is C17H22F3N. The number of rotatable bonds is 2. The molecule has 0 saturated heterocycles. The van der Waals surface area contributed by atoms with Gasteiger partial charge in [0.25, 0.3) is 0 Å². The molecule has 0 aromatic heterocycles. The number of hydrogen-bond donors (Lipinski definition) is 1. The van der Waals surface area contributed by atoms with Crippen LogP contribution in [0, 0.1) is 5.92 Å². The van der Waals surface area contributed by atoms with Crippen LogP contribution < -0.4 is 5.73 Å². The Bertz CT molecular complexity index is 527. The zero-order valence-electron chi connectivity index (χ0n) is 12.7. The smallest absolute Gasteiger partial charge is 0.326 e. The maximum atomic E-state index is 12.8. The van der Waals surface area contributed by atoms with Crippen LogP contribution in [0.3, 0.4) is 0 Å². The number of nitrogens with two attached hydrogens (primary N) is 1. The predicted octanol–water partition coefficient (Wildman–Crippen LogP) is 5.17. The lowest BCUT2D eigenvalue weighted by molar-refractivity contribution is -0.137. The second kappa shape index (κ2) is 7.46. The third kappa shape index (κ3) is 4.46. The van der Waals surface area contributed by atoms with Crippen LogP contribution in [-0.4, -0.2) is 0 Å². The first kappa shape index (κ1) is 17.5. The molecule has 116 valence electrons. The highest BCUT2D eigenvalue weighted by Gasteiger charge is 2.31. The number of alkyl halides is 3. The summed E-state index contributed by atoms with van der Waals surface area (Å²) in [6, 6.07) is 3.74. The fourth-order valence-electron chi connectivity index (χ4n) is 2.13. The Morgan fingerprint density at radius 2 is 1.90 bits per heavy atom. The summed E-state index contributed by atoms with van der Waals surface area (Å²) in [4.78, 5) is 0. The van der Waals surface area contributed by atoms with Crippen molar-refractivity contribution in [2.24, 2.45) is 11.7 Å². The van der Waals surface area contributed by atoms with E-state index in [1.165, 1.54) is 12.1 Å². The van der Waals surface area contributed by atoms with Crippen molar-refractivity contribution in [1.82, 2.24) is 0 Å². The number of halogens is 3. The van der Waals surface area contributed by atoms with E-state index >= 15 is 0 Å². The summed E-state index contributed by atoms with van der Waals surface area (Å²) in [5.74, 6) is 0.427. The summed E-state index contributed by atoms with van der Waals surface area (Å²) in [5.41, 5.74) is 7.12. The third-order valence-corrected chi connectivity index (χ3v) is 3.28. The van der Waals surface area contributed by atoms with Crippen molar-refractivity contribution < 1.29 is 13.2 Å². The van der Waals surface area contributed by atoms with Crippen LogP contribution >= 0.6 is 0 Å². The number of benzene rings is 1. The van der Waals surface area contributed by atoms with E-state index in [-0.39, 0.29) is 6.54 Å². The van der Waals surface area contributed by atoms with Gasteiger partial charge in [0.1, 0.15) is 0 Å². The minimum atomic E-state index is -4.33. The molecule has 0 amide bonds. The topological polar surface area (TPSA) is 26.0 Å². The van der Waals surface area contributed by atoms with Gasteiger partial charge in [0.15, 0.2) is 0 Å². The van der Waals surface area contributed by atoms with E-state index < -0.39 is 11.7 Å². The molecule has 1 unspecified atom stereocenters. The van der Waals surface area contributed by atoms with E-state index in [4.69, 9.17) is 5.73 Å². The maximum Gasteiger partial charge on any atom is 0.416 e. The minimum absolute atomic E-state index is 0.230. The largest absolute Gasteiger partial charge is 0.416 e. The first-order chi connectivity index (χ1) is 9.91. The van der Waals surface area contributed by atoms with E-state index in [0.29, 0.717) is 11.5 Å². The van der Waals surface area contributed by atoms with Gasteiger partial charge in [0.05, 0.1) is 5.56 Å². The Balaban J connectivity index is 0.00000106. The maximum absolute atomic E-state index is 12.8. The predicted molar refractivity (Wildman–Crippen MR) is 81.6 cm³/mol. The van der Waals surface area contributed by atoms with E-state index in [1.54, 1.807) is 0 Å². The molecule has 0 fully saturated rings. The summed E-state index contributed by atoms with van der Waals surface area (Å²) in [7, 11) is 0. The SMILES string of the molecule is CC.CC1C=CC(c2cc(C(F)(F)F)ccc2CN)=CC1. The van der Waals surface area contributed by atoms with Gasteiger partial charge in [-0.2, -0.15) is 13.2 Å². The molecule has 1 aliphatic rings. The summed E-state index contributed by atoms with van der Waals surface area (Å²) in [5, 5.41) is 0. The van der Waals surface area contributed by atoms with Gasteiger partial charge in [0.2, 0.25) is 0 Å². The van der Waals surface area contributed by atoms with Crippen molar-refractivity contribution in [2.45, 2.75) is 39.9 Å². The van der Waals surface area contributed by atoms with Crippen LogP contribution in [0.1, 0.15) is 43.9 Å². The van der Waals surface area contributed by atoms with Crippen molar-refractivity contribution in [3.63, 3.8) is 0 Å². The fourth-order valence-corrected chi connectivity index (χ4v) is 2.13. The zero-order valence-corrected chi connectivity index (χ0v) is 12.7. The molecular weight excluding hydrogens is 275 g/mol. The van der Waals surface area contributed by atoms with Gasteiger partial charge >= 0.3 is 6.18 Å². The van der Waals surface area contributed by atoms with Gasteiger partial charge in [-0.25, -0.2) is 0 Å².